The maximum Gasteiger partial charge on any atom is 0.124 e. The average Bonchev–Trinajstić information content (AvgIpc) is 2.47. The van der Waals surface area contributed by atoms with Crippen LogP contribution in [0.2, 0.25) is 5.02 Å². The van der Waals surface area contributed by atoms with Gasteiger partial charge in [-0.1, -0.05) is 49.2 Å². The third-order valence-corrected chi connectivity index (χ3v) is 3.61. The van der Waals surface area contributed by atoms with Gasteiger partial charge in [0.25, 0.3) is 0 Å². The molecule has 0 saturated heterocycles. The molecule has 2 N–H and O–H groups in total. The summed E-state index contributed by atoms with van der Waals surface area (Å²) in [6.45, 7) is 2.17. The molecule has 0 spiro atoms. The Morgan fingerprint density at radius 2 is 2.00 bits per heavy atom. The van der Waals surface area contributed by atoms with Crippen LogP contribution in [0.3, 0.4) is 0 Å². The van der Waals surface area contributed by atoms with Gasteiger partial charge < -0.3 is 10.5 Å². The quantitative estimate of drug-likeness (QED) is 0.888. The first kappa shape index (κ1) is 14.9. The van der Waals surface area contributed by atoms with E-state index in [1.54, 1.807) is 7.11 Å². The standard InChI is InChI=1S/C17H20ClNO/c1-3-5-12-6-4-7-13(10-12)17(19)15-11-14(18)8-9-16(15)20-2/h4,6-11,17H,3,5,19H2,1-2H3. The summed E-state index contributed by atoms with van der Waals surface area (Å²) >= 11 is 6.08. The summed E-state index contributed by atoms with van der Waals surface area (Å²) < 4.78 is 5.38. The second kappa shape index (κ2) is 6.78. The van der Waals surface area contributed by atoms with Crippen molar-refractivity contribution in [3.63, 3.8) is 0 Å². The van der Waals surface area contributed by atoms with Crippen LogP contribution in [0.4, 0.5) is 0 Å². The SMILES string of the molecule is CCCc1cccc(C(N)c2cc(Cl)ccc2OC)c1. The van der Waals surface area contributed by atoms with Crippen molar-refractivity contribution < 1.29 is 4.74 Å². The summed E-state index contributed by atoms with van der Waals surface area (Å²) in [6.07, 6.45) is 2.19. The van der Waals surface area contributed by atoms with Crippen LogP contribution in [-0.2, 0) is 6.42 Å². The van der Waals surface area contributed by atoms with Crippen LogP contribution in [-0.4, -0.2) is 7.11 Å². The van der Waals surface area contributed by atoms with Crippen LogP contribution in [0.15, 0.2) is 42.5 Å². The summed E-state index contributed by atoms with van der Waals surface area (Å²) in [5.74, 6) is 0.766. The monoisotopic (exact) mass is 289 g/mol. The van der Waals surface area contributed by atoms with E-state index >= 15 is 0 Å². The van der Waals surface area contributed by atoms with Gasteiger partial charge in [0.2, 0.25) is 0 Å². The Bertz CT molecular complexity index is 583. The lowest BCUT2D eigenvalue weighted by molar-refractivity contribution is 0.408. The fourth-order valence-corrected chi connectivity index (χ4v) is 2.54. The molecule has 0 aliphatic rings. The normalized spacial score (nSPS) is 12.2. The van der Waals surface area contributed by atoms with Crippen LogP contribution in [0, 0.1) is 0 Å². The van der Waals surface area contributed by atoms with Gasteiger partial charge >= 0.3 is 0 Å². The van der Waals surface area contributed by atoms with Crippen LogP contribution in [0.1, 0.15) is 36.1 Å². The van der Waals surface area contributed by atoms with Crippen LogP contribution >= 0.6 is 11.6 Å². The molecule has 0 aromatic heterocycles. The minimum absolute atomic E-state index is 0.236. The molecule has 0 aliphatic heterocycles. The predicted octanol–water partition coefficient (Wildman–Crippen LogP) is 4.35. The molecule has 1 atom stereocenters. The topological polar surface area (TPSA) is 35.2 Å². The number of aryl methyl sites for hydroxylation is 1. The number of ether oxygens (including phenoxy) is 1. The molecule has 1 unspecified atom stereocenters. The van der Waals surface area contributed by atoms with E-state index < -0.39 is 0 Å². The van der Waals surface area contributed by atoms with E-state index in [0.717, 1.165) is 29.7 Å². The Labute approximate surface area is 125 Å². The first-order valence-electron chi connectivity index (χ1n) is 6.83. The molecule has 0 amide bonds. The van der Waals surface area contributed by atoms with Crippen molar-refractivity contribution >= 4 is 11.6 Å². The molecule has 20 heavy (non-hydrogen) atoms. The maximum atomic E-state index is 6.39. The zero-order valence-electron chi connectivity index (χ0n) is 11.9. The van der Waals surface area contributed by atoms with Crippen molar-refractivity contribution in [2.24, 2.45) is 5.73 Å². The molecular weight excluding hydrogens is 270 g/mol. The van der Waals surface area contributed by atoms with E-state index in [0.29, 0.717) is 5.02 Å². The van der Waals surface area contributed by atoms with Crippen molar-refractivity contribution in [1.29, 1.82) is 0 Å². The predicted molar refractivity (Wildman–Crippen MR) is 84.5 cm³/mol. The van der Waals surface area contributed by atoms with Crippen LogP contribution in [0.25, 0.3) is 0 Å². The Morgan fingerprint density at radius 3 is 2.70 bits per heavy atom. The van der Waals surface area contributed by atoms with Gasteiger partial charge in [-0.2, -0.15) is 0 Å². The number of benzene rings is 2. The van der Waals surface area contributed by atoms with E-state index in [1.807, 2.05) is 24.3 Å². The summed E-state index contributed by atoms with van der Waals surface area (Å²) in [5, 5.41) is 0.668. The van der Waals surface area contributed by atoms with Crippen molar-refractivity contribution in [3.8, 4) is 5.75 Å². The lowest BCUT2D eigenvalue weighted by Crippen LogP contribution is -2.13. The molecule has 2 aromatic carbocycles. The first-order chi connectivity index (χ1) is 9.65. The molecule has 2 rings (SSSR count). The number of rotatable bonds is 5. The summed E-state index contributed by atoms with van der Waals surface area (Å²) in [6, 6.07) is 13.7. The average molecular weight is 290 g/mol. The number of halogens is 1. The number of methoxy groups -OCH3 is 1. The Morgan fingerprint density at radius 1 is 1.20 bits per heavy atom. The lowest BCUT2D eigenvalue weighted by atomic mass is 9.96. The van der Waals surface area contributed by atoms with Crippen molar-refractivity contribution in [2.45, 2.75) is 25.8 Å². The molecule has 106 valence electrons. The Hall–Kier alpha value is -1.51. The van der Waals surface area contributed by atoms with Crippen LogP contribution < -0.4 is 10.5 Å². The van der Waals surface area contributed by atoms with Gasteiger partial charge in [-0.3, -0.25) is 0 Å². The van der Waals surface area contributed by atoms with E-state index in [2.05, 4.69) is 25.1 Å². The fraction of sp³-hybridized carbons (Fsp3) is 0.294. The second-order valence-electron chi connectivity index (χ2n) is 4.86. The van der Waals surface area contributed by atoms with Gasteiger partial charge in [-0.25, -0.2) is 0 Å². The molecule has 2 nitrogen and oxygen atoms in total. The zero-order valence-corrected chi connectivity index (χ0v) is 12.7. The second-order valence-corrected chi connectivity index (χ2v) is 5.30. The molecule has 0 saturated carbocycles. The Kier molecular flexibility index (Phi) is 5.05. The van der Waals surface area contributed by atoms with Gasteiger partial charge in [0.05, 0.1) is 13.2 Å². The van der Waals surface area contributed by atoms with Gasteiger partial charge in [0.15, 0.2) is 0 Å². The highest BCUT2D eigenvalue weighted by Crippen LogP contribution is 2.31. The third-order valence-electron chi connectivity index (χ3n) is 3.38. The van der Waals surface area contributed by atoms with E-state index in [1.165, 1.54) is 5.56 Å². The van der Waals surface area contributed by atoms with E-state index in [4.69, 9.17) is 22.1 Å². The van der Waals surface area contributed by atoms with Gasteiger partial charge in [0, 0.05) is 10.6 Å². The van der Waals surface area contributed by atoms with Gasteiger partial charge in [0.1, 0.15) is 5.75 Å². The van der Waals surface area contributed by atoms with Gasteiger partial charge in [-0.15, -0.1) is 0 Å². The van der Waals surface area contributed by atoms with E-state index in [-0.39, 0.29) is 6.04 Å². The zero-order chi connectivity index (χ0) is 14.5. The molecule has 0 bridgehead atoms. The molecular formula is C17H20ClNO. The molecule has 0 aliphatic carbocycles. The van der Waals surface area contributed by atoms with Crippen molar-refractivity contribution in [2.75, 3.05) is 7.11 Å². The minimum atomic E-state index is -0.236. The number of nitrogens with two attached hydrogens (primary N) is 1. The smallest absolute Gasteiger partial charge is 0.124 e. The fourth-order valence-electron chi connectivity index (χ4n) is 2.36. The molecule has 3 heteroatoms. The summed E-state index contributed by atoms with van der Waals surface area (Å²) in [7, 11) is 1.65. The number of hydrogen-bond acceptors (Lipinski definition) is 2. The van der Waals surface area contributed by atoms with Crippen molar-refractivity contribution in [3.05, 3.63) is 64.2 Å². The Balaban J connectivity index is 2.37. The van der Waals surface area contributed by atoms with E-state index in [9.17, 15) is 0 Å². The van der Waals surface area contributed by atoms with Crippen molar-refractivity contribution in [1.82, 2.24) is 0 Å². The van der Waals surface area contributed by atoms with Gasteiger partial charge in [-0.05, 0) is 35.7 Å². The first-order valence-corrected chi connectivity index (χ1v) is 7.21. The van der Waals surface area contributed by atoms with Crippen LogP contribution in [0.5, 0.6) is 5.75 Å². The summed E-state index contributed by atoms with van der Waals surface area (Å²) in [4.78, 5) is 0. The third kappa shape index (κ3) is 3.33. The molecule has 2 aromatic rings. The maximum absolute atomic E-state index is 6.39. The molecule has 0 radical (unpaired) electrons. The number of hydrogen-bond donors (Lipinski definition) is 1. The highest BCUT2D eigenvalue weighted by molar-refractivity contribution is 6.30. The highest BCUT2D eigenvalue weighted by Gasteiger charge is 2.15. The lowest BCUT2D eigenvalue weighted by Gasteiger charge is -2.17. The molecule has 0 heterocycles. The summed E-state index contributed by atoms with van der Waals surface area (Å²) in [5.41, 5.74) is 9.69. The highest BCUT2D eigenvalue weighted by atomic mass is 35.5. The minimum Gasteiger partial charge on any atom is -0.496 e. The molecule has 0 fully saturated rings. The largest absolute Gasteiger partial charge is 0.496 e.